The van der Waals surface area contributed by atoms with Gasteiger partial charge in [-0.3, -0.25) is 0 Å². The molecule has 0 aliphatic rings. The standard InChI is InChI=1S/C15H14Cl2O/c1-10-4-2-5-11(8-10)15(18)9-12-13(16)6-3-7-14(12)17/h2-8,15,18H,9H2,1H3. The molecule has 0 amide bonds. The molecule has 0 aliphatic heterocycles. The van der Waals surface area contributed by atoms with Crippen molar-refractivity contribution in [1.82, 2.24) is 0 Å². The topological polar surface area (TPSA) is 20.2 Å². The fraction of sp³-hybridized carbons (Fsp3) is 0.200. The minimum absolute atomic E-state index is 0.419. The summed E-state index contributed by atoms with van der Waals surface area (Å²) in [6.45, 7) is 2.00. The van der Waals surface area contributed by atoms with E-state index >= 15 is 0 Å². The zero-order valence-electron chi connectivity index (χ0n) is 10.0. The third-order valence-electron chi connectivity index (χ3n) is 2.89. The molecular formula is C15H14Cl2O. The number of rotatable bonds is 3. The van der Waals surface area contributed by atoms with Crippen molar-refractivity contribution in [1.29, 1.82) is 0 Å². The van der Waals surface area contributed by atoms with Crippen LogP contribution in [0.15, 0.2) is 42.5 Å². The van der Waals surface area contributed by atoms with Gasteiger partial charge in [0, 0.05) is 16.5 Å². The molecule has 2 aromatic carbocycles. The smallest absolute Gasteiger partial charge is 0.0831 e. The number of aliphatic hydroxyl groups excluding tert-OH is 1. The predicted molar refractivity (Wildman–Crippen MR) is 76.3 cm³/mol. The summed E-state index contributed by atoms with van der Waals surface area (Å²) in [6.07, 6.45) is -0.176. The van der Waals surface area contributed by atoms with Crippen molar-refractivity contribution < 1.29 is 5.11 Å². The Bertz CT molecular complexity index is 532. The summed E-state index contributed by atoms with van der Waals surface area (Å²) in [7, 11) is 0. The van der Waals surface area contributed by atoms with E-state index in [4.69, 9.17) is 23.2 Å². The molecule has 0 aliphatic carbocycles. The minimum Gasteiger partial charge on any atom is -0.388 e. The van der Waals surface area contributed by atoms with Crippen molar-refractivity contribution >= 4 is 23.2 Å². The van der Waals surface area contributed by atoms with Gasteiger partial charge in [-0.25, -0.2) is 0 Å². The zero-order valence-corrected chi connectivity index (χ0v) is 11.5. The van der Waals surface area contributed by atoms with Gasteiger partial charge in [0.1, 0.15) is 0 Å². The fourth-order valence-corrected chi connectivity index (χ4v) is 2.47. The van der Waals surface area contributed by atoms with E-state index in [9.17, 15) is 5.11 Å². The molecule has 0 fully saturated rings. The van der Waals surface area contributed by atoms with Gasteiger partial charge in [-0.2, -0.15) is 0 Å². The molecule has 0 saturated heterocycles. The summed E-state index contributed by atoms with van der Waals surface area (Å²) in [6, 6.07) is 13.2. The minimum atomic E-state index is -0.595. The van der Waals surface area contributed by atoms with Crippen molar-refractivity contribution in [3.05, 3.63) is 69.2 Å². The molecule has 0 saturated carbocycles. The number of aliphatic hydroxyl groups is 1. The van der Waals surface area contributed by atoms with Crippen molar-refractivity contribution in [2.45, 2.75) is 19.4 Å². The summed E-state index contributed by atoms with van der Waals surface area (Å²) < 4.78 is 0. The molecule has 0 aromatic heterocycles. The summed E-state index contributed by atoms with van der Waals surface area (Å²) in [5, 5.41) is 11.4. The maximum atomic E-state index is 10.2. The molecule has 2 aromatic rings. The van der Waals surface area contributed by atoms with E-state index in [0.717, 1.165) is 16.7 Å². The second-order valence-corrected chi connectivity index (χ2v) is 5.15. The summed E-state index contributed by atoms with van der Waals surface area (Å²) in [5.41, 5.74) is 2.79. The Hall–Kier alpha value is -1.02. The molecule has 0 spiro atoms. The molecule has 1 atom stereocenters. The maximum Gasteiger partial charge on any atom is 0.0831 e. The molecule has 0 bridgehead atoms. The first kappa shape index (κ1) is 13.4. The Morgan fingerprint density at radius 2 is 1.67 bits per heavy atom. The number of aryl methyl sites for hydroxylation is 1. The van der Waals surface area contributed by atoms with Crippen LogP contribution < -0.4 is 0 Å². The number of hydrogen-bond acceptors (Lipinski definition) is 1. The quantitative estimate of drug-likeness (QED) is 0.873. The monoisotopic (exact) mass is 280 g/mol. The van der Waals surface area contributed by atoms with Crippen molar-refractivity contribution in [2.24, 2.45) is 0 Å². The highest BCUT2D eigenvalue weighted by molar-refractivity contribution is 6.35. The van der Waals surface area contributed by atoms with Gasteiger partial charge in [-0.15, -0.1) is 0 Å². The first-order chi connectivity index (χ1) is 8.58. The number of benzene rings is 2. The van der Waals surface area contributed by atoms with Crippen LogP contribution >= 0.6 is 23.2 Å². The Labute approximate surface area is 117 Å². The molecule has 1 N–H and O–H groups in total. The van der Waals surface area contributed by atoms with E-state index < -0.39 is 6.10 Å². The Morgan fingerprint density at radius 3 is 2.28 bits per heavy atom. The molecular weight excluding hydrogens is 267 g/mol. The Balaban J connectivity index is 2.24. The molecule has 1 nitrogen and oxygen atoms in total. The van der Waals surface area contributed by atoms with Gasteiger partial charge in [0.15, 0.2) is 0 Å². The molecule has 0 heterocycles. The summed E-state index contributed by atoms with van der Waals surface area (Å²) in [5.74, 6) is 0. The van der Waals surface area contributed by atoms with Crippen LogP contribution in [0.2, 0.25) is 10.0 Å². The van der Waals surface area contributed by atoms with Gasteiger partial charge >= 0.3 is 0 Å². The number of hydrogen-bond donors (Lipinski definition) is 1. The highest BCUT2D eigenvalue weighted by Crippen LogP contribution is 2.29. The van der Waals surface area contributed by atoms with E-state index in [1.165, 1.54) is 0 Å². The lowest BCUT2D eigenvalue weighted by Crippen LogP contribution is -2.03. The van der Waals surface area contributed by atoms with Gasteiger partial charge in [0.05, 0.1) is 6.10 Å². The molecule has 94 valence electrons. The van der Waals surface area contributed by atoms with Gasteiger partial charge in [-0.1, -0.05) is 59.1 Å². The van der Waals surface area contributed by atoms with Crippen LogP contribution in [-0.2, 0) is 6.42 Å². The van der Waals surface area contributed by atoms with Gasteiger partial charge in [0.2, 0.25) is 0 Å². The Morgan fingerprint density at radius 1 is 1.06 bits per heavy atom. The lowest BCUT2D eigenvalue weighted by Gasteiger charge is -2.14. The van der Waals surface area contributed by atoms with Crippen molar-refractivity contribution in [2.75, 3.05) is 0 Å². The fourth-order valence-electron chi connectivity index (χ4n) is 1.92. The third kappa shape index (κ3) is 3.05. The van der Waals surface area contributed by atoms with Crippen molar-refractivity contribution in [3.63, 3.8) is 0 Å². The SMILES string of the molecule is Cc1cccc(C(O)Cc2c(Cl)cccc2Cl)c1. The van der Waals surface area contributed by atoms with E-state index in [-0.39, 0.29) is 0 Å². The molecule has 3 heteroatoms. The molecule has 2 rings (SSSR count). The highest BCUT2D eigenvalue weighted by Gasteiger charge is 2.13. The van der Waals surface area contributed by atoms with Crippen LogP contribution in [-0.4, -0.2) is 5.11 Å². The first-order valence-corrected chi connectivity index (χ1v) is 6.51. The second kappa shape index (κ2) is 5.75. The van der Waals surface area contributed by atoms with Crippen molar-refractivity contribution in [3.8, 4) is 0 Å². The zero-order chi connectivity index (χ0) is 13.1. The highest BCUT2D eigenvalue weighted by atomic mass is 35.5. The van der Waals surface area contributed by atoms with Crippen LogP contribution in [0.5, 0.6) is 0 Å². The van der Waals surface area contributed by atoms with Gasteiger partial charge < -0.3 is 5.11 Å². The van der Waals surface area contributed by atoms with E-state index in [1.54, 1.807) is 18.2 Å². The predicted octanol–water partition coefficient (Wildman–Crippen LogP) is 4.58. The summed E-state index contributed by atoms with van der Waals surface area (Å²) in [4.78, 5) is 0. The summed E-state index contributed by atoms with van der Waals surface area (Å²) >= 11 is 12.2. The number of halogens is 2. The molecule has 18 heavy (non-hydrogen) atoms. The van der Waals surface area contributed by atoms with Crippen LogP contribution in [0.1, 0.15) is 22.8 Å². The maximum absolute atomic E-state index is 10.2. The van der Waals surface area contributed by atoms with Crippen LogP contribution in [0.25, 0.3) is 0 Å². The van der Waals surface area contributed by atoms with Crippen LogP contribution in [0.4, 0.5) is 0 Å². The molecule has 1 unspecified atom stereocenters. The Kier molecular flexibility index (Phi) is 4.28. The normalized spacial score (nSPS) is 12.4. The lowest BCUT2D eigenvalue weighted by atomic mass is 10.00. The van der Waals surface area contributed by atoms with E-state index in [2.05, 4.69) is 0 Å². The van der Waals surface area contributed by atoms with Gasteiger partial charge in [-0.05, 0) is 30.2 Å². The largest absolute Gasteiger partial charge is 0.388 e. The van der Waals surface area contributed by atoms with Gasteiger partial charge in [0.25, 0.3) is 0 Å². The second-order valence-electron chi connectivity index (χ2n) is 4.33. The third-order valence-corrected chi connectivity index (χ3v) is 3.59. The first-order valence-electron chi connectivity index (χ1n) is 5.75. The van der Waals surface area contributed by atoms with E-state index in [0.29, 0.717) is 16.5 Å². The average Bonchev–Trinajstić information content (AvgIpc) is 2.34. The average molecular weight is 281 g/mol. The van der Waals surface area contributed by atoms with Crippen LogP contribution in [0.3, 0.4) is 0 Å². The molecule has 0 radical (unpaired) electrons. The van der Waals surface area contributed by atoms with Crippen LogP contribution in [0, 0.1) is 6.92 Å². The lowest BCUT2D eigenvalue weighted by molar-refractivity contribution is 0.178. The van der Waals surface area contributed by atoms with E-state index in [1.807, 2.05) is 31.2 Å².